The number of nitrogens with zero attached hydrogens (tertiary/aromatic N) is 1. The van der Waals surface area contributed by atoms with Crippen LogP contribution in [0.2, 0.25) is 0 Å². The van der Waals surface area contributed by atoms with Crippen LogP contribution in [0, 0.1) is 5.41 Å². The van der Waals surface area contributed by atoms with Crippen LogP contribution < -0.4 is 10.1 Å². The van der Waals surface area contributed by atoms with E-state index < -0.39 is 6.61 Å². The first-order valence-corrected chi connectivity index (χ1v) is 7.63. The highest BCUT2D eigenvalue weighted by atomic mass is 19.3. The molecule has 3 rings (SSSR count). The van der Waals surface area contributed by atoms with Crippen molar-refractivity contribution in [2.45, 2.75) is 25.9 Å². The molecule has 2 aliphatic rings. The standard InChI is InChI=1S/C16H20F2N2O2/c17-15(18)22-13-3-1-2-12(10-13)14(21)20-8-5-16(6-9-20)4-7-19-11-16/h1-3,10,15,19H,4-9,11H2. The number of halogens is 2. The van der Waals surface area contributed by atoms with E-state index in [4.69, 9.17) is 0 Å². The van der Waals surface area contributed by atoms with Gasteiger partial charge < -0.3 is 15.0 Å². The van der Waals surface area contributed by atoms with Gasteiger partial charge in [-0.2, -0.15) is 8.78 Å². The monoisotopic (exact) mass is 310 g/mol. The maximum Gasteiger partial charge on any atom is 0.387 e. The first-order valence-electron chi connectivity index (χ1n) is 7.63. The molecule has 22 heavy (non-hydrogen) atoms. The molecular formula is C16H20F2N2O2. The highest BCUT2D eigenvalue weighted by molar-refractivity contribution is 5.94. The third-order valence-corrected chi connectivity index (χ3v) is 4.75. The lowest BCUT2D eigenvalue weighted by Crippen LogP contribution is -2.44. The number of rotatable bonds is 3. The summed E-state index contributed by atoms with van der Waals surface area (Å²) in [7, 11) is 0. The van der Waals surface area contributed by atoms with Crippen molar-refractivity contribution < 1.29 is 18.3 Å². The number of carbonyl (C=O) groups excluding carboxylic acids is 1. The summed E-state index contributed by atoms with van der Waals surface area (Å²) in [5.41, 5.74) is 0.746. The molecule has 2 saturated heterocycles. The zero-order valence-electron chi connectivity index (χ0n) is 12.4. The molecule has 2 heterocycles. The number of hydrogen-bond donors (Lipinski definition) is 1. The summed E-state index contributed by atoms with van der Waals surface area (Å²) >= 11 is 0. The summed E-state index contributed by atoms with van der Waals surface area (Å²) in [4.78, 5) is 14.3. The Balaban J connectivity index is 1.64. The van der Waals surface area contributed by atoms with Gasteiger partial charge in [-0.15, -0.1) is 0 Å². The van der Waals surface area contributed by atoms with Crippen molar-refractivity contribution in [3.8, 4) is 5.75 Å². The maximum atomic E-state index is 12.5. The fourth-order valence-electron chi connectivity index (χ4n) is 3.39. The second kappa shape index (κ2) is 6.20. The first kappa shape index (κ1) is 15.2. The molecule has 6 heteroatoms. The van der Waals surface area contributed by atoms with Crippen molar-refractivity contribution >= 4 is 5.91 Å². The average molecular weight is 310 g/mol. The number of nitrogens with one attached hydrogen (secondary N) is 1. The lowest BCUT2D eigenvalue weighted by Gasteiger charge is -2.38. The second-order valence-corrected chi connectivity index (χ2v) is 6.13. The van der Waals surface area contributed by atoms with Gasteiger partial charge in [-0.05, 0) is 49.4 Å². The van der Waals surface area contributed by atoms with Crippen molar-refractivity contribution in [3.63, 3.8) is 0 Å². The van der Waals surface area contributed by atoms with Gasteiger partial charge in [-0.3, -0.25) is 4.79 Å². The Morgan fingerprint density at radius 3 is 2.68 bits per heavy atom. The number of piperidine rings is 1. The molecule has 0 saturated carbocycles. The van der Waals surface area contributed by atoms with Gasteiger partial charge in [-0.25, -0.2) is 0 Å². The molecule has 1 spiro atoms. The van der Waals surface area contributed by atoms with E-state index in [0.717, 1.165) is 39.0 Å². The third kappa shape index (κ3) is 3.21. The van der Waals surface area contributed by atoms with Gasteiger partial charge in [0, 0.05) is 25.2 Å². The fraction of sp³-hybridized carbons (Fsp3) is 0.562. The molecule has 0 atom stereocenters. The van der Waals surface area contributed by atoms with Crippen LogP contribution in [0.25, 0.3) is 0 Å². The van der Waals surface area contributed by atoms with Crippen LogP contribution in [0.5, 0.6) is 5.75 Å². The summed E-state index contributed by atoms with van der Waals surface area (Å²) in [6.07, 6.45) is 3.17. The van der Waals surface area contributed by atoms with Crippen LogP contribution in [-0.2, 0) is 0 Å². The Morgan fingerprint density at radius 2 is 2.05 bits per heavy atom. The van der Waals surface area contributed by atoms with Crippen molar-refractivity contribution in [2.75, 3.05) is 26.2 Å². The number of hydrogen-bond acceptors (Lipinski definition) is 3. The van der Waals surface area contributed by atoms with E-state index in [0.29, 0.717) is 11.0 Å². The van der Waals surface area contributed by atoms with Gasteiger partial charge in [-0.1, -0.05) is 6.07 Å². The number of amides is 1. The molecule has 0 aromatic heterocycles. The summed E-state index contributed by atoms with van der Waals surface area (Å²) in [6, 6.07) is 6.02. The van der Waals surface area contributed by atoms with E-state index in [1.54, 1.807) is 12.1 Å². The van der Waals surface area contributed by atoms with Crippen LogP contribution >= 0.6 is 0 Å². The summed E-state index contributed by atoms with van der Waals surface area (Å²) in [5.74, 6) is -0.0881. The predicted molar refractivity (Wildman–Crippen MR) is 78.1 cm³/mol. The number of alkyl halides is 2. The molecule has 120 valence electrons. The molecule has 1 amide bonds. The number of carbonyl (C=O) groups is 1. The van der Waals surface area contributed by atoms with Crippen LogP contribution in [0.1, 0.15) is 29.6 Å². The Labute approximate surface area is 128 Å². The zero-order chi connectivity index (χ0) is 15.6. The highest BCUT2D eigenvalue weighted by Gasteiger charge is 2.38. The molecule has 2 fully saturated rings. The Hall–Kier alpha value is -1.69. The van der Waals surface area contributed by atoms with Crippen molar-refractivity contribution in [1.29, 1.82) is 0 Å². The normalized spacial score (nSPS) is 20.6. The largest absolute Gasteiger partial charge is 0.435 e. The smallest absolute Gasteiger partial charge is 0.387 e. The van der Waals surface area contributed by atoms with Gasteiger partial charge in [0.2, 0.25) is 0 Å². The van der Waals surface area contributed by atoms with E-state index >= 15 is 0 Å². The van der Waals surface area contributed by atoms with Crippen molar-refractivity contribution in [3.05, 3.63) is 29.8 Å². The van der Waals surface area contributed by atoms with Crippen LogP contribution in [0.15, 0.2) is 24.3 Å². The minimum Gasteiger partial charge on any atom is -0.435 e. The third-order valence-electron chi connectivity index (χ3n) is 4.75. The maximum absolute atomic E-state index is 12.5. The van der Waals surface area contributed by atoms with E-state index in [2.05, 4.69) is 10.1 Å². The van der Waals surface area contributed by atoms with E-state index in [-0.39, 0.29) is 11.7 Å². The van der Waals surface area contributed by atoms with Crippen LogP contribution in [0.4, 0.5) is 8.78 Å². The van der Waals surface area contributed by atoms with Gasteiger partial charge in [0.1, 0.15) is 5.75 Å². The molecule has 4 nitrogen and oxygen atoms in total. The first-order chi connectivity index (χ1) is 10.6. The molecule has 0 radical (unpaired) electrons. The SMILES string of the molecule is O=C(c1cccc(OC(F)F)c1)N1CCC2(CCNC2)CC1. The number of ether oxygens (including phenoxy) is 1. The predicted octanol–water partition coefficient (Wildman–Crippen LogP) is 2.50. The quantitative estimate of drug-likeness (QED) is 0.933. The van der Waals surface area contributed by atoms with Crippen molar-refractivity contribution in [2.24, 2.45) is 5.41 Å². The van der Waals surface area contributed by atoms with Gasteiger partial charge in [0.15, 0.2) is 0 Å². The van der Waals surface area contributed by atoms with Gasteiger partial charge in [0.25, 0.3) is 5.91 Å². The molecule has 1 aromatic carbocycles. The molecular weight excluding hydrogens is 290 g/mol. The Kier molecular flexibility index (Phi) is 4.29. The van der Waals surface area contributed by atoms with Crippen LogP contribution in [0.3, 0.4) is 0 Å². The Morgan fingerprint density at radius 1 is 1.27 bits per heavy atom. The molecule has 1 N–H and O–H groups in total. The molecule has 1 aromatic rings. The summed E-state index contributed by atoms with van der Waals surface area (Å²) in [5, 5.41) is 3.39. The minimum atomic E-state index is -2.88. The summed E-state index contributed by atoms with van der Waals surface area (Å²) in [6.45, 7) is 0.657. The second-order valence-electron chi connectivity index (χ2n) is 6.13. The highest BCUT2D eigenvalue weighted by Crippen LogP contribution is 2.37. The van der Waals surface area contributed by atoms with E-state index in [1.807, 2.05) is 4.90 Å². The Bertz CT molecular complexity index is 535. The molecule has 2 aliphatic heterocycles. The van der Waals surface area contributed by atoms with Crippen LogP contribution in [-0.4, -0.2) is 43.6 Å². The zero-order valence-corrected chi connectivity index (χ0v) is 12.4. The lowest BCUT2D eigenvalue weighted by molar-refractivity contribution is -0.0499. The van der Waals surface area contributed by atoms with Crippen molar-refractivity contribution in [1.82, 2.24) is 10.2 Å². The lowest BCUT2D eigenvalue weighted by atomic mass is 9.78. The summed E-state index contributed by atoms with van der Waals surface area (Å²) < 4.78 is 28.9. The van der Waals surface area contributed by atoms with Gasteiger partial charge >= 0.3 is 6.61 Å². The van der Waals surface area contributed by atoms with Gasteiger partial charge in [0.05, 0.1) is 0 Å². The molecule has 0 bridgehead atoms. The minimum absolute atomic E-state index is 0.0225. The fourth-order valence-corrected chi connectivity index (χ4v) is 3.39. The number of benzene rings is 1. The average Bonchev–Trinajstić information content (AvgIpc) is 2.95. The number of likely N-dealkylation sites (tertiary alicyclic amines) is 1. The molecule has 0 unspecified atom stereocenters. The molecule has 0 aliphatic carbocycles. The van der Waals surface area contributed by atoms with E-state index in [9.17, 15) is 13.6 Å². The van der Waals surface area contributed by atoms with E-state index in [1.165, 1.54) is 18.6 Å². The topological polar surface area (TPSA) is 41.6 Å².